The normalized spacial score (nSPS) is 14.7. The van der Waals surface area contributed by atoms with E-state index in [4.69, 9.17) is 4.42 Å². The van der Waals surface area contributed by atoms with Crippen LogP contribution in [-0.2, 0) is 5.41 Å². The molecular weight excluding hydrogens is 340 g/mol. The van der Waals surface area contributed by atoms with Crippen LogP contribution in [0.15, 0.2) is 101 Å². The van der Waals surface area contributed by atoms with E-state index in [0.29, 0.717) is 0 Å². The lowest BCUT2D eigenvalue weighted by molar-refractivity contribution is 0.507. The lowest BCUT2D eigenvalue weighted by Gasteiger charge is -2.28. The van der Waals surface area contributed by atoms with E-state index in [1.807, 2.05) is 0 Å². The largest absolute Gasteiger partial charge is 0.459 e. The first-order valence-electron chi connectivity index (χ1n) is 9.72. The molecule has 0 atom stereocenters. The van der Waals surface area contributed by atoms with Gasteiger partial charge in [0.2, 0.25) is 0 Å². The molecule has 0 saturated carbocycles. The first kappa shape index (κ1) is 14.5. The van der Waals surface area contributed by atoms with Crippen LogP contribution in [-0.4, -0.2) is 0 Å². The van der Waals surface area contributed by atoms with Crippen molar-refractivity contribution in [3.8, 4) is 22.3 Å². The molecule has 0 saturated heterocycles. The van der Waals surface area contributed by atoms with Gasteiger partial charge in [-0.25, -0.2) is 0 Å². The lowest BCUT2D eigenvalue weighted by atomic mass is 9.73. The molecule has 0 amide bonds. The van der Waals surface area contributed by atoms with Crippen molar-refractivity contribution < 1.29 is 4.42 Å². The SMILES string of the molecule is c1ccc2c(c1)-c1ccccc1C21c2ccccc2-c2c1oc1ccccc21. The predicted molar refractivity (Wildman–Crippen MR) is 113 cm³/mol. The zero-order chi connectivity index (χ0) is 18.3. The third-order valence-corrected chi connectivity index (χ3v) is 6.49. The summed E-state index contributed by atoms with van der Waals surface area (Å²) in [4.78, 5) is 0. The van der Waals surface area contributed by atoms with Crippen LogP contribution in [0.3, 0.4) is 0 Å². The molecule has 1 spiro atoms. The molecule has 1 aromatic heterocycles. The van der Waals surface area contributed by atoms with Crippen LogP contribution < -0.4 is 0 Å². The highest BCUT2D eigenvalue weighted by Crippen LogP contribution is 2.64. The first-order valence-corrected chi connectivity index (χ1v) is 9.72. The van der Waals surface area contributed by atoms with Crippen molar-refractivity contribution in [3.63, 3.8) is 0 Å². The van der Waals surface area contributed by atoms with Gasteiger partial charge < -0.3 is 4.42 Å². The molecule has 1 heteroatoms. The number of fused-ring (bicyclic) bond motifs is 12. The number of furan rings is 1. The van der Waals surface area contributed by atoms with Gasteiger partial charge in [-0.2, -0.15) is 0 Å². The Morgan fingerprint density at radius 2 is 1.00 bits per heavy atom. The second-order valence-electron chi connectivity index (χ2n) is 7.69. The Balaban J connectivity index is 1.76. The van der Waals surface area contributed by atoms with E-state index in [9.17, 15) is 0 Å². The van der Waals surface area contributed by atoms with Gasteiger partial charge in [-0.15, -0.1) is 0 Å². The molecule has 0 fully saturated rings. The Kier molecular flexibility index (Phi) is 2.49. The average Bonchev–Trinajstić information content (AvgIpc) is 3.37. The molecule has 28 heavy (non-hydrogen) atoms. The van der Waals surface area contributed by atoms with Gasteiger partial charge >= 0.3 is 0 Å². The minimum Gasteiger partial charge on any atom is -0.459 e. The monoisotopic (exact) mass is 356 g/mol. The summed E-state index contributed by atoms with van der Waals surface area (Å²) < 4.78 is 6.64. The molecule has 4 aromatic carbocycles. The van der Waals surface area contributed by atoms with Gasteiger partial charge in [-0.05, 0) is 39.4 Å². The van der Waals surface area contributed by atoms with Crippen LogP contribution in [0.2, 0.25) is 0 Å². The predicted octanol–water partition coefficient (Wildman–Crippen LogP) is 6.78. The fourth-order valence-electron chi connectivity index (χ4n) is 5.50. The Morgan fingerprint density at radius 3 is 1.68 bits per heavy atom. The number of para-hydroxylation sites is 1. The smallest absolute Gasteiger partial charge is 0.135 e. The van der Waals surface area contributed by atoms with E-state index in [2.05, 4.69) is 97.1 Å². The molecule has 0 radical (unpaired) electrons. The minimum absolute atomic E-state index is 0.377. The van der Waals surface area contributed by atoms with E-state index in [1.54, 1.807) is 0 Å². The van der Waals surface area contributed by atoms with Gasteiger partial charge in [0, 0.05) is 10.9 Å². The Hall–Kier alpha value is -3.58. The van der Waals surface area contributed by atoms with E-state index >= 15 is 0 Å². The zero-order valence-electron chi connectivity index (χ0n) is 15.1. The van der Waals surface area contributed by atoms with E-state index in [1.165, 1.54) is 44.3 Å². The number of hydrogen-bond donors (Lipinski definition) is 0. The maximum atomic E-state index is 6.64. The number of hydrogen-bond acceptors (Lipinski definition) is 1. The summed E-state index contributed by atoms with van der Waals surface area (Å²) in [5.41, 5.74) is 9.70. The van der Waals surface area contributed by atoms with Crippen LogP contribution >= 0.6 is 0 Å². The molecule has 2 aliphatic carbocycles. The average molecular weight is 356 g/mol. The van der Waals surface area contributed by atoms with Crippen LogP contribution in [0.5, 0.6) is 0 Å². The van der Waals surface area contributed by atoms with Crippen LogP contribution in [0.4, 0.5) is 0 Å². The molecule has 1 heterocycles. The molecule has 0 unspecified atom stereocenters. The molecule has 2 aliphatic rings. The van der Waals surface area contributed by atoms with Gasteiger partial charge in [0.25, 0.3) is 0 Å². The van der Waals surface area contributed by atoms with Crippen molar-refractivity contribution in [2.24, 2.45) is 0 Å². The Morgan fingerprint density at radius 1 is 0.500 bits per heavy atom. The second kappa shape index (κ2) is 4.82. The summed E-state index contributed by atoms with van der Waals surface area (Å²) in [5.74, 6) is 1.06. The van der Waals surface area contributed by atoms with Crippen molar-refractivity contribution in [3.05, 3.63) is 120 Å². The molecule has 1 nitrogen and oxygen atoms in total. The maximum absolute atomic E-state index is 6.64. The van der Waals surface area contributed by atoms with Crippen molar-refractivity contribution in [2.75, 3.05) is 0 Å². The highest BCUT2D eigenvalue weighted by Gasteiger charge is 2.54. The quantitative estimate of drug-likeness (QED) is 0.292. The summed E-state index contributed by atoms with van der Waals surface area (Å²) in [6, 6.07) is 34.8. The number of rotatable bonds is 0. The fraction of sp³-hybridized carbons (Fsp3) is 0.0370. The van der Waals surface area contributed by atoms with Crippen molar-refractivity contribution in [1.82, 2.24) is 0 Å². The van der Waals surface area contributed by atoms with Crippen LogP contribution in [0.1, 0.15) is 22.5 Å². The summed E-state index contributed by atoms with van der Waals surface area (Å²) in [6.45, 7) is 0. The molecule has 0 N–H and O–H groups in total. The van der Waals surface area contributed by atoms with Crippen LogP contribution in [0, 0.1) is 0 Å². The molecular formula is C27H16O. The standard InChI is InChI=1S/C27H16O/c1-5-13-21-17(9-1)18-10-2-6-14-22(18)27(21)23-15-7-3-11-19(23)25-20-12-4-8-16-24(20)28-26(25)27/h1-16H. The van der Waals surface area contributed by atoms with Gasteiger partial charge in [0.05, 0.1) is 0 Å². The van der Waals surface area contributed by atoms with Crippen molar-refractivity contribution >= 4 is 11.0 Å². The molecule has 0 bridgehead atoms. The lowest BCUT2D eigenvalue weighted by Crippen LogP contribution is -2.25. The maximum Gasteiger partial charge on any atom is 0.135 e. The Bertz CT molecular complexity index is 1370. The van der Waals surface area contributed by atoms with Gasteiger partial charge in [-0.3, -0.25) is 0 Å². The first-order chi connectivity index (χ1) is 13.9. The molecule has 7 rings (SSSR count). The second-order valence-corrected chi connectivity index (χ2v) is 7.69. The zero-order valence-corrected chi connectivity index (χ0v) is 15.1. The summed E-state index contributed by atoms with van der Waals surface area (Å²) in [5, 5.41) is 1.20. The minimum atomic E-state index is -0.377. The van der Waals surface area contributed by atoms with Gasteiger partial charge in [-0.1, -0.05) is 91.0 Å². The summed E-state index contributed by atoms with van der Waals surface area (Å²) >= 11 is 0. The van der Waals surface area contributed by atoms with E-state index < -0.39 is 0 Å². The van der Waals surface area contributed by atoms with Crippen molar-refractivity contribution in [2.45, 2.75) is 5.41 Å². The molecule has 130 valence electrons. The third kappa shape index (κ3) is 1.44. The van der Waals surface area contributed by atoms with E-state index in [-0.39, 0.29) is 5.41 Å². The Labute approximate surface area is 162 Å². The summed E-state index contributed by atoms with van der Waals surface area (Å²) in [6.07, 6.45) is 0. The van der Waals surface area contributed by atoms with Gasteiger partial charge in [0.1, 0.15) is 16.8 Å². The molecule has 5 aromatic rings. The summed E-state index contributed by atoms with van der Waals surface area (Å²) in [7, 11) is 0. The number of benzene rings is 4. The van der Waals surface area contributed by atoms with Crippen molar-refractivity contribution in [1.29, 1.82) is 0 Å². The fourth-order valence-corrected chi connectivity index (χ4v) is 5.50. The molecule has 0 aliphatic heterocycles. The van der Waals surface area contributed by atoms with Gasteiger partial charge in [0.15, 0.2) is 0 Å². The third-order valence-electron chi connectivity index (χ3n) is 6.49. The highest BCUT2D eigenvalue weighted by atomic mass is 16.3. The topological polar surface area (TPSA) is 13.1 Å². The van der Waals surface area contributed by atoms with E-state index in [0.717, 1.165) is 11.3 Å². The van der Waals surface area contributed by atoms with Crippen LogP contribution in [0.25, 0.3) is 33.2 Å². The highest BCUT2D eigenvalue weighted by molar-refractivity contribution is 6.04.